The second-order valence-electron chi connectivity index (χ2n) is 4.02. The van der Waals surface area contributed by atoms with E-state index in [1.165, 1.54) is 0 Å². The fourth-order valence-corrected chi connectivity index (χ4v) is 1.70. The monoisotopic (exact) mass is 234 g/mol. The Bertz CT molecular complexity index is 419. The number of carbonyl (C=O) groups excluding carboxylic acids is 2. The van der Waals surface area contributed by atoms with E-state index in [9.17, 15) is 9.59 Å². The van der Waals surface area contributed by atoms with Gasteiger partial charge in [0.15, 0.2) is 0 Å². The maximum atomic E-state index is 11.5. The minimum Gasteiger partial charge on any atom is -0.352 e. The topological polar surface area (TPSA) is 67.4 Å². The third-order valence-electron chi connectivity index (χ3n) is 2.69. The first-order valence-corrected chi connectivity index (χ1v) is 5.44. The van der Waals surface area contributed by atoms with Gasteiger partial charge in [0.2, 0.25) is 5.91 Å². The molecule has 0 radical (unpaired) electrons. The van der Waals surface area contributed by atoms with Crippen LogP contribution in [-0.4, -0.2) is 17.9 Å². The number of carbonyl (C=O) groups is 2. The Hall–Kier alpha value is -1.88. The summed E-state index contributed by atoms with van der Waals surface area (Å²) >= 11 is 0. The number of hydroxylamine groups is 1. The van der Waals surface area contributed by atoms with Gasteiger partial charge in [-0.15, -0.1) is 0 Å². The van der Waals surface area contributed by atoms with Gasteiger partial charge < -0.3 is 5.32 Å². The fraction of sp³-hybridized carbons (Fsp3) is 0.333. The van der Waals surface area contributed by atoms with Crippen LogP contribution >= 0.6 is 0 Å². The van der Waals surface area contributed by atoms with Gasteiger partial charge in [-0.2, -0.15) is 0 Å². The summed E-state index contributed by atoms with van der Waals surface area (Å²) in [5.74, 6) is -1.28. The lowest BCUT2D eigenvalue weighted by Gasteiger charge is -2.32. The molecule has 1 aliphatic rings. The molecule has 0 spiro atoms. The van der Waals surface area contributed by atoms with Crippen LogP contribution in [-0.2, 0) is 21.0 Å². The van der Waals surface area contributed by atoms with Crippen LogP contribution in [0, 0.1) is 5.92 Å². The Kier molecular flexibility index (Phi) is 3.39. The van der Waals surface area contributed by atoms with Gasteiger partial charge in [0, 0.05) is 6.04 Å². The second-order valence-corrected chi connectivity index (χ2v) is 4.02. The largest absolute Gasteiger partial charge is 0.352 e. The molecule has 17 heavy (non-hydrogen) atoms. The molecule has 1 aromatic rings. The van der Waals surface area contributed by atoms with Gasteiger partial charge in [-0.3, -0.25) is 14.4 Å². The van der Waals surface area contributed by atoms with Crippen molar-refractivity contribution in [3.8, 4) is 0 Å². The van der Waals surface area contributed by atoms with E-state index in [1.807, 2.05) is 30.3 Å². The van der Waals surface area contributed by atoms with Crippen molar-refractivity contribution in [2.75, 3.05) is 0 Å². The highest BCUT2D eigenvalue weighted by molar-refractivity contribution is 6.05. The molecule has 1 heterocycles. The van der Waals surface area contributed by atoms with Gasteiger partial charge in [-0.25, -0.2) is 5.48 Å². The van der Waals surface area contributed by atoms with Crippen molar-refractivity contribution in [1.29, 1.82) is 0 Å². The van der Waals surface area contributed by atoms with Gasteiger partial charge in [0.25, 0.3) is 5.91 Å². The van der Waals surface area contributed by atoms with Gasteiger partial charge in [-0.1, -0.05) is 30.3 Å². The van der Waals surface area contributed by atoms with E-state index in [0.29, 0.717) is 0 Å². The van der Waals surface area contributed by atoms with Crippen molar-refractivity contribution < 1.29 is 14.4 Å². The minimum absolute atomic E-state index is 0.122. The smallest absolute Gasteiger partial charge is 0.258 e. The van der Waals surface area contributed by atoms with E-state index in [0.717, 1.165) is 5.56 Å². The number of hydrogen-bond acceptors (Lipinski definition) is 3. The Morgan fingerprint density at radius 2 is 2.12 bits per heavy atom. The number of amides is 2. The number of benzene rings is 1. The highest BCUT2D eigenvalue weighted by Crippen LogP contribution is 2.14. The Morgan fingerprint density at radius 1 is 1.41 bits per heavy atom. The zero-order valence-corrected chi connectivity index (χ0v) is 9.47. The summed E-state index contributed by atoms with van der Waals surface area (Å²) in [5, 5.41) is 2.59. The van der Waals surface area contributed by atoms with Crippen molar-refractivity contribution in [2.45, 2.75) is 19.6 Å². The first-order chi connectivity index (χ1) is 8.18. The Morgan fingerprint density at radius 3 is 2.71 bits per heavy atom. The number of rotatable bonds is 4. The van der Waals surface area contributed by atoms with E-state index in [-0.39, 0.29) is 18.6 Å². The lowest BCUT2D eigenvalue weighted by molar-refractivity contribution is -0.151. The molecule has 0 saturated carbocycles. The summed E-state index contributed by atoms with van der Waals surface area (Å²) < 4.78 is 0. The Balaban J connectivity index is 1.76. The SMILES string of the molecule is CC1NC(=O)C1C(=O)NOCc1ccccc1. The zero-order chi connectivity index (χ0) is 12.3. The van der Waals surface area contributed by atoms with E-state index in [2.05, 4.69) is 10.8 Å². The maximum Gasteiger partial charge on any atom is 0.258 e. The van der Waals surface area contributed by atoms with Crippen LogP contribution < -0.4 is 10.8 Å². The third-order valence-corrected chi connectivity index (χ3v) is 2.69. The predicted molar refractivity (Wildman–Crippen MR) is 60.5 cm³/mol. The molecule has 0 bridgehead atoms. The van der Waals surface area contributed by atoms with E-state index >= 15 is 0 Å². The average molecular weight is 234 g/mol. The lowest BCUT2D eigenvalue weighted by atomic mass is 9.91. The minimum atomic E-state index is -0.634. The quantitative estimate of drug-likeness (QED) is 0.449. The highest BCUT2D eigenvalue weighted by atomic mass is 16.6. The number of hydrogen-bond donors (Lipinski definition) is 2. The second kappa shape index (κ2) is 4.97. The summed E-state index contributed by atoms with van der Waals surface area (Å²) in [5.41, 5.74) is 3.25. The molecule has 2 N–H and O–H groups in total. The predicted octanol–water partition coefficient (Wildman–Crippen LogP) is 0.369. The first kappa shape index (κ1) is 11.6. The normalized spacial score (nSPS) is 22.5. The lowest BCUT2D eigenvalue weighted by Crippen LogP contribution is -2.61. The van der Waals surface area contributed by atoms with Crippen molar-refractivity contribution in [1.82, 2.24) is 10.8 Å². The van der Waals surface area contributed by atoms with Crippen LogP contribution in [0.1, 0.15) is 12.5 Å². The van der Waals surface area contributed by atoms with Crippen LogP contribution in [0.5, 0.6) is 0 Å². The van der Waals surface area contributed by atoms with Gasteiger partial charge >= 0.3 is 0 Å². The van der Waals surface area contributed by atoms with Gasteiger partial charge in [0.05, 0.1) is 6.61 Å². The number of β-lactam (4-membered cyclic amide) rings is 1. The van der Waals surface area contributed by atoms with Crippen LogP contribution in [0.15, 0.2) is 30.3 Å². The molecule has 1 aliphatic heterocycles. The molecule has 5 nitrogen and oxygen atoms in total. The summed E-state index contributed by atoms with van der Waals surface area (Å²) in [6.07, 6.45) is 0. The molecule has 0 aromatic heterocycles. The van der Waals surface area contributed by atoms with E-state index < -0.39 is 11.8 Å². The molecule has 2 unspecified atom stereocenters. The Labute approximate surface area is 99.1 Å². The fourth-order valence-electron chi connectivity index (χ4n) is 1.70. The summed E-state index contributed by atoms with van der Waals surface area (Å²) in [6, 6.07) is 9.35. The van der Waals surface area contributed by atoms with E-state index in [4.69, 9.17) is 4.84 Å². The summed E-state index contributed by atoms with van der Waals surface area (Å²) in [6.45, 7) is 2.07. The summed E-state index contributed by atoms with van der Waals surface area (Å²) in [4.78, 5) is 27.7. The molecule has 90 valence electrons. The molecule has 0 aliphatic carbocycles. The maximum absolute atomic E-state index is 11.5. The van der Waals surface area contributed by atoms with Crippen LogP contribution in [0.4, 0.5) is 0 Å². The van der Waals surface area contributed by atoms with Crippen LogP contribution in [0.2, 0.25) is 0 Å². The summed E-state index contributed by atoms with van der Waals surface area (Å²) in [7, 11) is 0. The van der Waals surface area contributed by atoms with E-state index in [1.54, 1.807) is 6.92 Å². The molecule has 1 saturated heterocycles. The average Bonchev–Trinajstić information content (AvgIpc) is 2.30. The molecule has 5 heteroatoms. The zero-order valence-electron chi connectivity index (χ0n) is 9.47. The van der Waals surface area contributed by atoms with Crippen molar-refractivity contribution in [3.05, 3.63) is 35.9 Å². The molecule has 2 atom stereocenters. The molecule has 2 amide bonds. The van der Waals surface area contributed by atoms with Crippen LogP contribution in [0.25, 0.3) is 0 Å². The van der Waals surface area contributed by atoms with Crippen molar-refractivity contribution in [2.24, 2.45) is 5.92 Å². The van der Waals surface area contributed by atoms with Gasteiger partial charge in [0.1, 0.15) is 5.92 Å². The molecule has 1 fully saturated rings. The van der Waals surface area contributed by atoms with Crippen molar-refractivity contribution >= 4 is 11.8 Å². The highest BCUT2D eigenvalue weighted by Gasteiger charge is 2.41. The molecule has 2 rings (SSSR count). The van der Waals surface area contributed by atoms with Crippen LogP contribution in [0.3, 0.4) is 0 Å². The standard InChI is InChI=1S/C12H14N2O3/c1-8-10(11(15)13-8)12(16)14-17-7-9-5-3-2-4-6-9/h2-6,8,10H,7H2,1H3,(H,13,15)(H,14,16). The molecular weight excluding hydrogens is 220 g/mol. The molecular formula is C12H14N2O3. The third kappa shape index (κ3) is 2.62. The number of nitrogens with one attached hydrogen (secondary N) is 2. The van der Waals surface area contributed by atoms with Gasteiger partial charge in [-0.05, 0) is 12.5 Å². The first-order valence-electron chi connectivity index (χ1n) is 5.44. The van der Waals surface area contributed by atoms with Crippen molar-refractivity contribution in [3.63, 3.8) is 0 Å². The molecule has 1 aromatic carbocycles.